The Morgan fingerprint density at radius 2 is 1.57 bits per heavy atom. The van der Waals surface area contributed by atoms with E-state index in [1.54, 1.807) is 7.11 Å². The number of nitrogens with zero attached hydrogens (tertiary/aromatic N) is 1. The second kappa shape index (κ2) is 8.06. The largest absolute Gasteiger partial charge is 0.497 e. The van der Waals surface area contributed by atoms with Gasteiger partial charge >= 0.3 is 0 Å². The van der Waals surface area contributed by atoms with Crippen LogP contribution in [0.1, 0.15) is 9.67 Å². The first-order chi connectivity index (χ1) is 13.7. The molecular formula is C23H18N2O2S. The molecular weight excluding hydrogens is 368 g/mol. The number of nitrogens with one attached hydrogen (secondary N) is 1. The molecule has 138 valence electrons. The summed E-state index contributed by atoms with van der Waals surface area (Å²) >= 11 is 1.38. The summed E-state index contributed by atoms with van der Waals surface area (Å²) in [5.74, 6) is 0.584. The van der Waals surface area contributed by atoms with Crippen LogP contribution >= 0.6 is 11.3 Å². The number of hydrogen-bond donors (Lipinski definition) is 1. The second-order valence-electron chi connectivity index (χ2n) is 6.11. The molecule has 0 radical (unpaired) electrons. The van der Waals surface area contributed by atoms with Crippen LogP contribution in [-0.2, 0) is 0 Å². The molecule has 1 N–H and O–H groups in total. The third-order valence-corrected chi connectivity index (χ3v) is 5.33. The van der Waals surface area contributed by atoms with Crippen molar-refractivity contribution in [2.45, 2.75) is 0 Å². The Morgan fingerprint density at radius 3 is 2.29 bits per heavy atom. The molecule has 0 aliphatic heterocycles. The first kappa shape index (κ1) is 17.9. The summed E-state index contributed by atoms with van der Waals surface area (Å²) in [4.78, 5) is 18.4. The van der Waals surface area contributed by atoms with Gasteiger partial charge in [0.05, 0.1) is 12.8 Å². The number of carbonyl (C=O) groups excluding carboxylic acids is 1. The zero-order valence-electron chi connectivity index (χ0n) is 15.3. The standard InChI is InChI=1S/C23H18N2O2S/c1-27-19-14-8-11-17(15-19)23-25-20(16-9-4-2-5-10-16)21(28-23)22(26)24-18-12-6-3-7-13-18/h2-15H,1H3,(H,24,26). The van der Waals surface area contributed by atoms with Gasteiger partial charge in [0.25, 0.3) is 5.91 Å². The van der Waals surface area contributed by atoms with Crippen molar-refractivity contribution in [3.8, 4) is 27.6 Å². The van der Waals surface area contributed by atoms with Crippen LogP contribution in [-0.4, -0.2) is 18.0 Å². The zero-order valence-corrected chi connectivity index (χ0v) is 16.1. The Hall–Kier alpha value is -3.44. The van der Waals surface area contributed by atoms with Crippen molar-refractivity contribution in [2.24, 2.45) is 0 Å². The second-order valence-corrected chi connectivity index (χ2v) is 7.11. The summed E-state index contributed by atoms with van der Waals surface area (Å²) in [6.07, 6.45) is 0. The predicted octanol–water partition coefficient (Wildman–Crippen LogP) is 5.74. The minimum absolute atomic E-state index is 0.170. The summed E-state index contributed by atoms with van der Waals surface area (Å²) in [5.41, 5.74) is 3.26. The van der Waals surface area contributed by atoms with Gasteiger partial charge in [-0.25, -0.2) is 4.98 Å². The highest BCUT2D eigenvalue weighted by Crippen LogP contribution is 2.35. The normalized spacial score (nSPS) is 10.5. The molecule has 3 aromatic carbocycles. The fourth-order valence-corrected chi connectivity index (χ4v) is 3.83. The fraction of sp³-hybridized carbons (Fsp3) is 0.0435. The van der Waals surface area contributed by atoms with Crippen LogP contribution in [0.5, 0.6) is 5.75 Å². The van der Waals surface area contributed by atoms with Gasteiger partial charge in [0.2, 0.25) is 0 Å². The van der Waals surface area contributed by atoms with Crippen molar-refractivity contribution in [1.82, 2.24) is 4.98 Å². The Balaban J connectivity index is 1.77. The molecule has 1 aromatic heterocycles. The minimum atomic E-state index is -0.170. The SMILES string of the molecule is COc1cccc(-c2nc(-c3ccccc3)c(C(=O)Nc3ccccc3)s2)c1. The van der Waals surface area contributed by atoms with Crippen molar-refractivity contribution in [1.29, 1.82) is 0 Å². The first-order valence-electron chi connectivity index (χ1n) is 8.81. The van der Waals surface area contributed by atoms with Crippen molar-refractivity contribution >= 4 is 22.9 Å². The van der Waals surface area contributed by atoms with Gasteiger partial charge in [-0.3, -0.25) is 4.79 Å². The molecule has 1 heterocycles. The number of thiazole rings is 1. The number of para-hydroxylation sites is 1. The van der Waals surface area contributed by atoms with E-state index >= 15 is 0 Å². The molecule has 4 aromatic rings. The van der Waals surface area contributed by atoms with Crippen molar-refractivity contribution in [3.63, 3.8) is 0 Å². The Labute approximate surface area is 167 Å². The van der Waals surface area contributed by atoms with Gasteiger partial charge < -0.3 is 10.1 Å². The Morgan fingerprint density at radius 1 is 0.893 bits per heavy atom. The molecule has 4 rings (SSSR count). The average Bonchev–Trinajstić information content (AvgIpc) is 3.21. The lowest BCUT2D eigenvalue weighted by Gasteiger charge is -2.05. The van der Waals surface area contributed by atoms with E-state index in [1.165, 1.54) is 11.3 Å². The van der Waals surface area contributed by atoms with Crippen LogP contribution in [0.25, 0.3) is 21.8 Å². The average molecular weight is 386 g/mol. The van der Waals surface area contributed by atoms with E-state index in [4.69, 9.17) is 9.72 Å². The van der Waals surface area contributed by atoms with Gasteiger partial charge in [0.15, 0.2) is 0 Å². The maximum atomic E-state index is 13.0. The molecule has 0 unspecified atom stereocenters. The van der Waals surface area contributed by atoms with E-state index in [-0.39, 0.29) is 5.91 Å². The van der Waals surface area contributed by atoms with E-state index in [1.807, 2.05) is 84.9 Å². The lowest BCUT2D eigenvalue weighted by Crippen LogP contribution is -2.11. The Bertz CT molecular complexity index is 1090. The third kappa shape index (κ3) is 3.80. The van der Waals surface area contributed by atoms with Gasteiger partial charge in [0, 0.05) is 16.8 Å². The summed E-state index contributed by atoms with van der Waals surface area (Å²) in [6, 6.07) is 26.9. The number of amides is 1. The maximum absolute atomic E-state index is 13.0. The zero-order chi connectivity index (χ0) is 19.3. The van der Waals surface area contributed by atoms with E-state index < -0.39 is 0 Å². The summed E-state index contributed by atoms with van der Waals surface area (Å²) in [6.45, 7) is 0. The molecule has 5 heteroatoms. The van der Waals surface area contributed by atoms with Gasteiger partial charge in [0.1, 0.15) is 15.6 Å². The minimum Gasteiger partial charge on any atom is -0.497 e. The molecule has 0 aliphatic carbocycles. The van der Waals surface area contributed by atoms with Crippen molar-refractivity contribution in [3.05, 3.63) is 89.8 Å². The lowest BCUT2D eigenvalue weighted by molar-refractivity contribution is 0.103. The molecule has 0 saturated carbocycles. The number of hydrogen-bond acceptors (Lipinski definition) is 4. The number of anilines is 1. The monoisotopic (exact) mass is 386 g/mol. The number of methoxy groups -OCH3 is 1. The smallest absolute Gasteiger partial charge is 0.268 e. The number of ether oxygens (including phenoxy) is 1. The van der Waals surface area contributed by atoms with E-state index in [0.717, 1.165) is 27.6 Å². The van der Waals surface area contributed by atoms with Crippen LogP contribution in [0.2, 0.25) is 0 Å². The van der Waals surface area contributed by atoms with Gasteiger partial charge in [-0.15, -0.1) is 11.3 Å². The number of carbonyl (C=O) groups is 1. The molecule has 0 aliphatic rings. The van der Waals surface area contributed by atoms with Gasteiger partial charge in [-0.05, 0) is 24.3 Å². The molecule has 0 bridgehead atoms. The van der Waals surface area contributed by atoms with Crippen LogP contribution in [0.4, 0.5) is 5.69 Å². The molecule has 1 amide bonds. The molecule has 0 spiro atoms. The summed E-state index contributed by atoms with van der Waals surface area (Å²) in [7, 11) is 1.63. The number of aromatic nitrogens is 1. The highest BCUT2D eigenvalue weighted by Gasteiger charge is 2.20. The first-order valence-corrected chi connectivity index (χ1v) is 9.63. The highest BCUT2D eigenvalue weighted by molar-refractivity contribution is 7.17. The van der Waals surface area contributed by atoms with Crippen molar-refractivity contribution in [2.75, 3.05) is 12.4 Å². The van der Waals surface area contributed by atoms with E-state index in [9.17, 15) is 4.79 Å². The van der Waals surface area contributed by atoms with Crippen LogP contribution in [0.3, 0.4) is 0 Å². The van der Waals surface area contributed by atoms with Gasteiger partial charge in [-0.2, -0.15) is 0 Å². The topological polar surface area (TPSA) is 51.2 Å². The highest BCUT2D eigenvalue weighted by atomic mass is 32.1. The third-order valence-electron chi connectivity index (χ3n) is 4.23. The molecule has 0 atom stereocenters. The fourth-order valence-electron chi connectivity index (χ4n) is 2.85. The van der Waals surface area contributed by atoms with Crippen LogP contribution < -0.4 is 10.1 Å². The van der Waals surface area contributed by atoms with E-state index in [0.29, 0.717) is 10.6 Å². The lowest BCUT2D eigenvalue weighted by atomic mass is 10.1. The number of rotatable bonds is 5. The molecule has 0 saturated heterocycles. The summed E-state index contributed by atoms with van der Waals surface area (Å²) < 4.78 is 5.32. The number of benzene rings is 3. The van der Waals surface area contributed by atoms with Gasteiger partial charge in [-0.1, -0.05) is 60.7 Å². The molecule has 28 heavy (non-hydrogen) atoms. The summed E-state index contributed by atoms with van der Waals surface area (Å²) in [5, 5.41) is 3.74. The van der Waals surface area contributed by atoms with Crippen molar-refractivity contribution < 1.29 is 9.53 Å². The quantitative estimate of drug-likeness (QED) is 0.476. The van der Waals surface area contributed by atoms with E-state index in [2.05, 4.69) is 5.32 Å². The van der Waals surface area contributed by atoms with Crippen LogP contribution in [0, 0.1) is 0 Å². The predicted molar refractivity (Wildman–Crippen MR) is 114 cm³/mol. The maximum Gasteiger partial charge on any atom is 0.268 e. The Kier molecular flexibility index (Phi) is 5.17. The molecule has 4 nitrogen and oxygen atoms in total. The molecule has 0 fully saturated rings. The van der Waals surface area contributed by atoms with Crippen LogP contribution in [0.15, 0.2) is 84.9 Å².